The van der Waals surface area contributed by atoms with Gasteiger partial charge in [0, 0.05) is 17.9 Å². The van der Waals surface area contributed by atoms with E-state index in [0.717, 1.165) is 18.5 Å². The van der Waals surface area contributed by atoms with Crippen molar-refractivity contribution in [1.82, 2.24) is 4.98 Å². The summed E-state index contributed by atoms with van der Waals surface area (Å²) in [6, 6.07) is 4.04. The molecule has 0 bridgehead atoms. The molecular weight excluding hydrogens is 250 g/mol. The van der Waals surface area contributed by atoms with Crippen LogP contribution in [-0.4, -0.2) is 16.9 Å². The van der Waals surface area contributed by atoms with Gasteiger partial charge in [-0.05, 0) is 42.2 Å². The molecule has 4 nitrogen and oxygen atoms in total. The van der Waals surface area contributed by atoms with E-state index in [1.807, 2.05) is 6.07 Å². The molecule has 110 valence electrons. The zero-order valence-corrected chi connectivity index (χ0v) is 12.9. The molecule has 0 spiro atoms. The zero-order chi connectivity index (χ0) is 15.0. The molecule has 3 N–H and O–H groups in total. The highest BCUT2D eigenvalue weighted by molar-refractivity contribution is 5.91. The molecule has 4 heteroatoms. The lowest BCUT2D eigenvalue weighted by Gasteiger charge is -2.45. The van der Waals surface area contributed by atoms with Crippen molar-refractivity contribution >= 4 is 11.6 Å². The third kappa shape index (κ3) is 3.71. The largest absolute Gasteiger partial charge is 0.382 e. The SMILES string of the molecule is CC1(C)CC(Nc2ccnc(C(N)=O)c2)CC(C)(C)C1. The van der Waals surface area contributed by atoms with E-state index in [1.54, 1.807) is 12.3 Å². The topological polar surface area (TPSA) is 68.0 Å². The Labute approximate surface area is 121 Å². The van der Waals surface area contributed by atoms with Crippen LogP contribution in [0.1, 0.15) is 57.4 Å². The minimum atomic E-state index is -0.488. The van der Waals surface area contributed by atoms with Crippen molar-refractivity contribution in [2.75, 3.05) is 5.32 Å². The Morgan fingerprint density at radius 3 is 2.45 bits per heavy atom. The monoisotopic (exact) mass is 275 g/mol. The normalized spacial score (nSPS) is 21.4. The summed E-state index contributed by atoms with van der Waals surface area (Å²) in [7, 11) is 0. The number of nitrogens with two attached hydrogens (primary N) is 1. The molecule has 0 unspecified atom stereocenters. The fourth-order valence-electron chi connectivity index (χ4n) is 3.84. The van der Waals surface area contributed by atoms with E-state index in [0.29, 0.717) is 22.6 Å². The van der Waals surface area contributed by atoms with Gasteiger partial charge in [0.05, 0.1) is 0 Å². The average Bonchev–Trinajstić information content (AvgIpc) is 2.24. The van der Waals surface area contributed by atoms with Crippen LogP contribution >= 0.6 is 0 Å². The number of rotatable bonds is 3. The smallest absolute Gasteiger partial charge is 0.267 e. The van der Waals surface area contributed by atoms with Gasteiger partial charge < -0.3 is 11.1 Å². The fourth-order valence-corrected chi connectivity index (χ4v) is 3.84. The number of amides is 1. The first-order valence-corrected chi connectivity index (χ1v) is 7.19. The molecule has 1 amide bonds. The maximum atomic E-state index is 11.2. The van der Waals surface area contributed by atoms with E-state index < -0.39 is 5.91 Å². The lowest BCUT2D eigenvalue weighted by atomic mass is 9.63. The summed E-state index contributed by atoms with van der Waals surface area (Å²) in [5.41, 5.74) is 7.17. The number of hydrogen-bond donors (Lipinski definition) is 2. The maximum absolute atomic E-state index is 11.2. The van der Waals surface area contributed by atoms with Crippen molar-refractivity contribution in [3.05, 3.63) is 24.0 Å². The van der Waals surface area contributed by atoms with E-state index in [-0.39, 0.29) is 0 Å². The van der Waals surface area contributed by atoms with Gasteiger partial charge in [-0.2, -0.15) is 0 Å². The summed E-state index contributed by atoms with van der Waals surface area (Å²) >= 11 is 0. The van der Waals surface area contributed by atoms with Crippen LogP contribution in [0, 0.1) is 10.8 Å². The van der Waals surface area contributed by atoms with Gasteiger partial charge in [-0.25, -0.2) is 0 Å². The van der Waals surface area contributed by atoms with Crippen molar-refractivity contribution < 1.29 is 4.79 Å². The molecule has 0 aromatic carbocycles. The zero-order valence-electron chi connectivity index (χ0n) is 12.9. The van der Waals surface area contributed by atoms with E-state index >= 15 is 0 Å². The van der Waals surface area contributed by atoms with Crippen molar-refractivity contribution in [3.63, 3.8) is 0 Å². The quantitative estimate of drug-likeness (QED) is 0.890. The molecule has 2 rings (SSSR count). The summed E-state index contributed by atoms with van der Waals surface area (Å²) in [5, 5.41) is 3.54. The van der Waals surface area contributed by atoms with Gasteiger partial charge in [-0.1, -0.05) is 27.7 Å². The second-order valence-electron chi connectivity index (χ2n) is 7.55. The van der Waals surface area contributed by atoms with Gasteiger partial charge in [-0.3, -0.25) is 9.78 Å². The maximum Gasteiger partial charge on any atom is 0.267 e. The van der Waals surface area contributed by atoms with E-state index in [2.05, 4.69) is 38.0 Å². The van der Waals surface area contributed by atoms with Gasteiger partial charge >= 0.3 is 0 Å². The Morgan fingerprint density at radius 2 is 1.90 bits per heavy atom. The molecule has 1 aliphatic carbocycles. The van der Waals surface area contributed by atoms with E-state index in [9.17, 15) is 4.79 Å². The second kappa shape index (κ2) is 5.08. The molecule has 1 aliphatic rings. The molecule has 20 heavy (non-hydrogen) atoms. The Morgan fingerprint density at radius 1 is 1.30 bits per heavy atom. The number of nitrogens with one attached hydrogen (secondary N) is 1. The number of primary amides is 1. The first-order valence-electron chi connectivity index (χ1n) is 7.19. The molecule has 1 aromatic heterocycles. The first-order chi connectivity index (χ1) is 9.17. The standard InChI is InChI=1S/C16H25N3O/c1-15(2)8-12(9-16(3,4)10-15)19-11-5-6-18-13(7-11)14(17)20/h5-7,12H,8-10H2,1-4H3,(H2,17,20)(H,18,19). The Hall–Kier alpha value is -1.58. The molecule has 1 aromatic rings. The minimum absolute atomic E-state index is 0.310. The van der Waals surface area contributed by atoms with E-state index in [4.69, 9.17) is 5.73 Å². The Kier molecular flexibility index (Phi) is 3.76. The lowest BCUT2D eigenvalue weighted by Crippen LogP contribution is -2.40. The van der Waals surface area contributed by atoms with E-state index in [1.165, 1.54) is 6.42 Å². The molecule has 1 heterocycles. The third-order valence-electron chi connectivity index (χ3n) is 3.94. The van der Waals surface area contributed by atoms with Crippen LogP contribution in [0.3, 0.4) is 0 Å². The highest BCUT2D eigenvalue weighted by Crippen LogP contribution is 2.46. The first kappa shape index (κ1) is 14.8. The predicted octanol–water partition coefficient (Wildman–Crippen LogP) is 3.20. The number of anilines is 1. The van der Waals surface area contributed by atoms with Crippen LogP contribution in [0.2, 0.25) is 0 Å². The van der Waals surface area contributed by atoms with Crippen LogP contribution in [0.4, 0.5) is 5.69 Å². The number of pyridine rings is 1. The van der Waals surface area contributed by atoms with Crippen LogP contribution in [0.5, 0.6) is 0 Å². The van der Waals surface area contributed by atoms with Gasteiger partial charge in [0.2, 0.25) is 0 Å². The molecule has 0 aliphatic heterocycles. The Bertz CT molecular complexity index is 492. The molecule has 0 atom stereocenters. The number of carbonyl (C=O) groups excluding carboxylic acids is 1. The molecular formula is C16H25N3O. The van der Waals surface area contributed by atoms with Gasteiger partial charge in [0.15, 0.2) is 0 Å². The third-order valence-corrected chi connectivity index (χ3v) is 3.94. The van der Waals surface area contributed by atoms with Crippen LogP contribution < -0.4 is 11.1 Å². The summed E-state index contributed by atoms with van der Waals surface area (Å²) in [4.78, 5) is 15.2. The lowest BCUT2D eigenvalue weighted by molar-refractivity contribution is 0.0994. The number of hydrogen-bond acceptors (Lipinski definition) is 3. The van der Waals surface area contributed by atoms with Crippen molar-refractivity contribution in [1.29, 1.82) is 0 Å². The number of carbonyl (C=O) groups is 1. The summed E-state index contributed by atoms with van der Waals surface area (Å²) in [6.45, 7) is 9.29. The number of nitrogens with zero attached hydrogens (tertiary/aromatic N) is 1. The highest BCUT2D eigenvalue weighted by atomic mass is 16.1. The van der Waals surface area contributed by atoms with Gasteiger partial charge in [0.25, 0.3) is 5.91 Å². The van der Waals surface area contributed by atoms with Crippen LogP contribution in [0.15, 0.2) is 18.3 Å². The minimum Gasteiger partial charge on any atom is -0.382 e. The van der Waals surface area contributed by atoms with Crippen LogP contribution in [0.25, 0.3) is 0 Å². The molecule has 0 radical (unpaired) electrons. The summed E-state index contributed by atoms with van der Waals surface area (Å²) in [5.74, 6) is -0.488. The van der Waals surface area contributed by atoms with Crippen molar-refractivity contribution in [3.8, 4) is 0 Å². The molecule has 1 fully saturated rings. The summed E-state index contributed by atoms with van der Waals surface area (Å²) < 4.78 is 0. The molecule has 1 saturated carbocycles. The van der Waals surface area contributed by atoms with Gasteiger partial charge in [0.1, 0.15) is 5.69 Å². The Balaban J connectivity index is 2.13. The fraction of sp³-hybridized carbons (Fsp3) is 0.625. The highest BCUT2D eigenvalue weighted by Gasteiger charge is 2.38. The van der Waals surface area contributed by atoms with Crippen LogP contribution in [-0.2, 0) is 0 Å². The van der Waals surface area contributed by atoms with Crippen molar-refractivity contribution in [2.24, 2.45) is 16.6 Å². The average molecular weight is 275 g/mol. The molecule has 0 saturated heterocycles. The van der Waals surface area contributed by atoms with Crippen molar-refractivity contribution in [2.45, 2.75) is 53.0 Å². The number of aromatic nitrogens is 1. The predicted molar refractivity (Wildman–Crippen MR) is 81.6 cm³/mol. The summed E-state index contributed by atoms with van der Waals surface area (Å²) in [6.07, 6.45) is 5.12. The second-order valence-corrected chi connectivity index (χ2v) is 7.55. The van der Waals surface area contributed by atoms with Gasteiger partial charge in [-0.15, -0.1) is 0 Å².